The van der Waals surface area contributed by atoms with Gasteiger partial charge in [-0.1, -0.05) is 18.2 Å². The van der Waals surface area contributed by atoms with E-state index < -0.39 is 5.82 Å². The fraction of sp³-hybridized carbons (Fsp3) is 0.300. The zero-order chi connectivity index (χ0) is 18.4. The van der Waals surface area contributed by atoms with Crippen LogP contribution < -0.4 is 5.32 Å². The molecule has 0 unspecified atom stereocenters. The van der Waals surface area contributed by atoms with Crippen molar-refractivity contribution >= 4 is 5.91 Å². The van der Waals surface area contributed by atoms with Crippen LogP contribution in [0.2, 0.25) is 0 Å². The maximum Gasteiger partial charge on any atom is 0.251 e. The van der Waals surface area contributed by atoms with E-state index in [0.29, 0.717) is 12.1 Å². The number of amides is 1. The van der Waals surface area contributed by atoms with Crippen LogP contribution in [0.3, 0.4) is 0 Å². The number of carbonyl (C=O) groups is 1. The quantitative estimate of drug-likeness (QED) is 0.897. The molecule has 26 heavy (non-hydrogen) atoms. The van der Waals surface area contributed by atoms with Crippen LogP contribution in [0.5, 0.6) is 0 Å². The Labute approximate surface area is 152 Å². The van der Waals surface area contributed by atoms with Gasteiger partial charge in [-0.05, 0) is 35.4 Å². The van der Waals surface area contributed by atoms with E-state index in [1.54, 1.807) is 30.3 Å². The average Bonchev–Trinajstić information content (AvgIpc) is 2.69. The molecule has 1 fully saturated rings. The number of nitrogens with one attached hydrogen (secondary N) is 1. The largest absolute Gasteiger partial charge is 0.379 e. The van der Waals surface area contributed by atoms with E-state index in [4.69, 9.17) is 10.00 Å². The molecule has 1 N–H and O–H groups in total. The van der Waals surface area contributed by atoms with E-state index in [2.05, 4.69) is 10.2 Å². The average molecular weight is 353 g/mol. The minimum absolute atomic E-state index is 0.00688. The normalized spacial score (nSPS) is 14.6. The van der Waals surface area contributed by atoms with Crippen molar-refractivity contribution < 1.29 is 13.9 Å². The summed E-state index contributed by atoms with van der Waals surface area (Å²) in [6.45, 7) is 4.67. The maximum atomic E-state index is 13.4. The van der Waals surface area contributed by atoms with E-state index >= 15 is 0 Å². The number of rotatable bonds is 5. The van der Waals surface area contributed by atoms with Gasteiger partial charge in [0.15, 0.2) is 0 Å². The Kier molecular flexibility index (Phi) is 5.95. The first kappa shape index (κ1) is 18.1. The Morgan fingerprint density at radius 1 is 1.15 bits per heavy atom. The van der Waals surface area contributed by atoms with Crippen LogP contribution in [0.25, 0.3) is 11.1 Å². The molecule has 1 saturated heterocycles. The third-order valence-electron chi connectivity index (χ3n) is 4.38. The number of hydrogen-bond acceptors (Lipinski definition) is 4. The van der Waals surface area contributed by atoms with Crippen LogP contribution in [-0.4, -0.2) is 50.2 Å². The molecule has 0 bridgehead atoms. The molecular formula is C20H20FN3O2. The van der Waals surface area contributed by atoms with Crippen LogP contribution in [0.15, 0.2) is 42.5 Å². The molecule has 0 atom stereocenters. The Morgan fingerprint density at radius 2 is 1.85 bits per heavy atom. The fourth-order valence-electron chi connectivity index (χ4n) is 2.86. The molecule has 1 aliphatic rings. The minimum Gasteiger partial charge on any atom is -0.379 e. The highest BCUT2D eigenvalue weighted by molar-refractivity contribution is 5.94. The predicted octanol–water partition coefficient (Wildman–Crippen LogP) is 2.43. The summed E-state index contributed by atoms with van der Waals surface area (Å²) in [5.74, 6) is -0.658. The van der Waals surface area contributed by atoms with Gasteiger partial charge < -0.3 is 10.1 Å². The zero-order valence-corrected chi connectivity index (χ0v) is 14.4. The van der Waals surface area contributed by atoms with Crippen LogP contribution in [0.1, 0.15) is 15.9 Å². The Bertz CT molecular complexity index is 809. The standard InChI is InChI=1S/C20H20FN3O2/c21-19-6-5-17(13-18(19)14-22)15-1-3-16(4-2-15)20(25)23-7-8-24-9-11-26-12-10-24/h1-6,13H,7-12H2,(H,23,25). The lowest BCUT2D eigenvalue weighted by molar-refractivity contribution is 0.0383. The SMILES string of the molecule is N#Cc1cc(-c2ccc(C(=O)NCCN3CCOCC3)cc2)ccc1F. The molecule has 2 aromatic rings. The van der Waals surface area contributed by atoms with Crippen molar-refractivity contribution in [1.82, 2.24) is 10.2 Å². The molecule has 134 valence electrons. The summed E-state index contributed by atoms with van der Waals surface area (Å²) in [6, 6.07) is 13.3. The molecule has 5 nitrogen and oxygen atoms in total. The lowest BCUT2D eigenvalue weighted by atomic mass is 10.0. The number of nitriles is 1. The molecule has 1 heterocycles. The molecule has 0 aliphatic carbocycles. The summed E-state index contributed by atoms with van der Waals surface area (Å²) in [6.07, 6.45) is 0. The molecule has 2 aromatic carbocycles. The van der Waals surface area contributed by atoms with Crippen molar-refractivity contribution in [2.45, 2.75) is 0 Å². The third kappa shape index (κ3) is 4.45. The first-order chi connectivity index (χ1) is 12.7. The summed E-state index contributed by atoms with van der Waals surface area (Å²) < 4.78 is 18.7. The number of nitrogens with zero attached hydrogens (tertiary/aromatic N) is 2. The molecule has 0 saturated carbocycles. The van der Waals surface area contributed by atoms with Gasteiger partial charge in [0.1, 0.15) is 11.9 Å². The van der Waals surface area contributed by atoms with E-state index in [9.17, 15) is 9.18 Å². The Hall–Kier alpha value is -2.75. The number of hydrogen-bond donors (Lipinski definition) is 1. The second-order valence-corrected chi connectivity index (χ2v) is 6.09. The van der Waals surface area contributed by atoms with Crippen molar-refractivity contribution in [1.29, 1.82) is 5.26 Å². The topological polar surface area (TPSA) is 65.4 Å². The van der Waals surface area contributed by atoms with Crippen molar-refractivity contribution in [2.24, 2.45) is 0 Å². The number of halogens is 1. The molecule has 0 radical (unpaired) electrons. The molecule has 1 amide bonds. The summed E-state index contributed by atoms with van der Waals surface area (Å²) in [5.41, 5.74) is 2.14. The summed E-state index contributed by atoms with van der Waals surface area (Å²) >= 11 is 0. The van der Waals surface area contributed by atoms with Crippen molar-refractivity contribution in [3.63, 3.8) is 0 Å². The van der Waals surface area contributed by atoms with Crippen LogP contribution in [0, 0.1) is 17.1 Å². The van der Waals surface area contributed by atoms with E-state index in [0.717, 1.165) is 44.0 Å². The summed E-state index contributed by atoms with van der Waals surface area (Å²) in [7, 11) is 0. The van der Waals surface area contributed by atoms with Gasteiger partial charge in [-0.15, -0.1) is 0 Å². The highest BCUT2D eigenvalue weighted by atomic mass is 19.1. The summed E-state index contributed by atoms with van der Waals surface area (Å²) in [5, 5.41) is 11.8. The van der Waals surface area contributed by atoms with E-state index in [1.807, 2.05) is 6.07 Å². The van der Waals surface area contributed by atoms with Gasteiger partial charge in [-0.25, -0.2) is 4.39 Å². The first-order valence-corrected chi connectivity index (χ1v) is 8.56. The third-order valence-corrected chi connectivity index (χ3v) is 4.38. The molecule has 0 spiro atoms. The van der Waals surface area contributed by atoms with Crippen molar-refractivity contribution in [3.8, 4) is 17.2 Å². The van der Waals surface area contributed by atoms with Gasteiger partial charge in [0.25, 0.3) is 5.91 Å². The maximum absolute atomic E-state index is 13.4. The first-order valence-electron chi connectivity index (χ1n) is 8.56. The molecular weight excluding hydrogens is 333 g/mol. The number of morpholine rings is 1. The molecule has 6 heteroatoms. The minimum atomic E-state index is -0.535. The fourth-order valence-corrected chi connectivity index (χ4v) is 2.86. The van der Waals surface area contributed by atoms with Gasteiger partial charge in [-0.3, -0.25) is 9.69 Å². The second-order valence-electron chi connectivity index (χ2n) is 6.09. The Balaban J connectivity index is 1.58. The number of ether oxygens (including phenoxy) is 1. The van der Waals surface area contributed by atoms with Crippen molar-refractivity contribution in [3.05, 3.63) is 59.4 Å². The predicted molar refractivity (Wildman–Crippen MR) is 96.1 cm³/mol. The molecule has 3 rings (SSSR count). The Morgan fingerprint density at radius 3 is 2.54 bits per heavy atom. The van der Waals surface area contributed by atoms with E-state index in [-0.39, 0.29) is 11.5 Å². The summed E-state index contributed by atoms with van der Waals surface area (Å²) in [4.78, 5) is 14.5. The highest BCUT2D eigenvalue weighted by Crippen LogP contribution is 2.22. The molecule has 1 aliphatic heterocycles. The van der Waals surface area contributed by atoms with Crippen LogP contribution in [0.4, 0.5) is 4.39 Å². The van der Waals surface area contributed by atoms with Crippen molar-refractivity contribution in [2.75, 3.05) is 39.4 Å². The lowest BCUT2D eigenvalue weighted by Crippen LogP contribution is -2.41. The molecule has 0 aromatic heterocycles. The van der Waals surface area contributed by atoms with Gasteiger partial charge >= 0.3 is 0 Å². The number of benzene rings is 2. The highest BCUT2D eigenvalue weighted by Gasteiger charge is 2.11. The number of carbonyl (C=O) groups excluding carboxylic acids is 1. The van der Waals surface area contributed by atoms with E-state index in [1.165, 1.54) is 12.1 Å². The van der Waals surface area contributed by atoms with Gasteiger partial charge in [0, 0.05) is 31.7 Å². The monoisotopic (exact) mass is 353 g/mol. The lowest BCUT2D eigenvalue weighted by Gasteiger charge is -2.26. The second kappa shape index (κ2) is 8.56. The van der Waals surface area contributed by atoms with Gasteiger partial charge in [0.2, 0.25) is 0 Å². The van der Waals surface area contributed by atoms with Crippen LogP contribution >= 0.6 is 0 Å². The van der Waals surface area contributed by atoms with Crippen LogP contribution in [-0.2, 0) is 4.74 Å². The zero-order valence-electron chi connectivity index (χ0n) is 14.4. The smallest absolute Gasteiger partial charge is 0.251 e. The van der Waals surface area contributed by atoms with Gasteiger partial charge in [-0.2, -0.15) is 5.26 Å². The van der Waals surface area contributed by atoms with Gasteiger partial charge in [0.05, 0.1) is 18.8 Å².